The summed E-state index contributed by atoms with van der Waals surface area (Å²) in [5.74, 6) is 0. The van der Waals surface area contributed by atoms with Crippen LogP contribution in [0.2, 0.25) is 24.7 Å². The van der Waals surface area contributed by atoms with Crippen LogP contribution >= 0.6 is 19.8 Å². The number of rotatable bonds is 5. The zero-order valence-electron chi connectivity index (χ0n) is 15.4. The molecule has 3 aromatic rings. The Kier molecular flexibility index (Phi) is 5.98. The summed E-state index contributed by atoms with van der Waals surface area (Å²) in [4.78, 5) is 0. The molecule has 0 radical (unpaired) electrons. The zero-order valence-corrected chi connectivity index (χ0v) is 18.0. The topological polar surface area (TPSA) is 3.24 Å². The van der Waals surface area contributed by atoms with Gasteiger partial charge in [-0.15, -0.1) is 0 Å². The number of halogens is 1. The van der Waals surface area contributed by atoms with Gasteiger partial charge in [-0.3, -0.25) is 0 Å². The van der Waals surface area contributed by atoms with Crippen molar-refractivity contribution in [2.75, 3.05) is 4.57 Å². The minimum atomic E-state index is -1.70. The summed E-state index contributed by atoms with van der Waals surface area (Å²) in [6.07, 6.45) is 0. The SMILES string of the molecule is C[Si](C)(C)N(C(=Pc1ccccc1)c1ccccc1)c1ccc(Cl)cc1. The molecule has 3 aromatic carbocycles. The Labute approximate surface area is 164 Å². The van der Waals surface area contributed by atoms with Crippen LogP contribution in [0.5, 0.6) is 0 Å². The Balaban J connectivity index is 2.20. The molecule has 0 atom stereocenters. The average Bonchev–Trinajstić information content (AvgIpc) is 2.63. The van der Waals surface area contributed by atoms with Gasteiger partial charge in [0.2, 0.25) is 0 Å². The molecule has 0 saturated carbocycles. The second kappa shape index (κ2) is 8.22. The molecule has 0 bridgehead atoms. The molecule has 0 aliphatic carbocycles. The first kappa shape index (κ1) is 18.9. The van der Waals surface area contributed by atoms with Gasteiger partial charge in [-0.1, -0.05) is 91.9 Å². The van der Waals surface area contributed by atoms with E-state index in [9.17, 15) is 0 Å². The van der Waals surface area contributed by atoms with Crippen molar-refractivity contribution in [3.05, 3.63) is 95.5 Å². The van der Waals surface area contributed by atoms with Gasteiger partial charge in [-0.25, -0.2) is 0 Å². The van der Waals surface area contributed by atoms with Gasteiger partial charge < -0.3 is 4.57 Å². The first-order chi connectivity index (χ1) is 12.4. The van der Waals surface area contributed by atoms with E-state index in [1.807, 2.05) is 12.1 Å². The lowest BCUT2D eigenvalue weighted by molar-refractivity contribution is 1.39. The normalized spacial score (nSPS) is 12.1. The largest absolute Gasteiger partial charge is 0.365 e. The second-order valence-corrected chi connectivity index (χ2v) is 13.5. The van der Waals surface area contributed by atoms with Crippen molar-refractivity contribution in [1.29, 1.82) is 0 Å². The number of nitrogens with zero attached hydrogens (tertiary/aromatic N) is 1. The Bertz CT molecular complexity index is 872. The fraction of sp³-hybridized carbons (Fsp3) is 0.136. The lowest BCUT2D eigenvalue weighted by atomic mass is 10.2. The molecule has 0 aliphatic heterocycles. The Hall–Kier alpha value is -1.86. The third-order valence-electron chi connectivity index (χ3n) is 3.99. The summed E-state index contributed by atoms with van der Waals surface area (Å²) in [7, 11) is -0.491. The van der Waals surface area contributed by atoms with Crippen LogP contribution in [0.1, 0.15) is 5.56 Å². The predicted octanol–water partition coefficient (Wildman–Crippen LogP) is 6.43. The van der Waals surface area contributed by atoms with Gasteiger partial charge in [0, 0.05) is 21.6 Å². The van der Waals surface area contributed by atoms with Gasteiger partial charge in [0.25, 0.3) is 0 Å². The molecule has 0 heterocycles. The maximum absolute atomic E-state index is 6.14. The molecular weight excluding hydrogens is 373 g/mol. The van der Waals surface area contributed by atoms with Crippen molar-refractivity contribution in [2.45, 2.75) is 19.6 Å². The van der Waals surface area contributed by atoms with E-state index in [0.717, 1.165) is 5.02 Å². The van der Waals surface area contributed by atoms with E-state index in [-0.39, 0.29) is 0 Å². The molecule has 0 unspecified atom stereocenters. The van der Waals surface area contributed by atoms with Gasteiger partial charge in [0.05, 0.1) is 5.42 Å². The van der Waals surface area contributed by atoms with Crippen LogP contribution in [0.3, 0.4) is 0 Å². The van der Waals surface area contributed by atoms with Gasteiger partial charge in [0.1, 0.15) is 0 Å². The van der Waals surface area contributed by atoms with Crippen molar-refractivity contribution < 1.29 is 0 Å². The minimum Gasteiger partial charge on any atom is -0.365 e. The summed E-state index contributed by atoms with van der Waals surface area (Å²) in [6, 6.07) is 29.6. The van der Waals surface area contributed by atoms with Crippen molar-refractivity contribution in [2.24, 2.45) is 0 Å². The van der Waals surface area contributed by atoms with E-state index in [2.05, 4.69) is 97.0 Å². The Morgan fingerprint density at radius 3 is 1.85 bits per heavy atom. The highest BCUT2D eigenvalue weighted by Crippen LogP contribution is 2.28. The van der Waals surface area contributed by atoms with Crippen LogP contribution in [0, 0.1) is 0 Å². The van der Waals surface area contributed by atoms with Crippen molar-refractivity contribution in [1.82, 2.24) is 0 Å². The summed E-state index contributed by atoms with van der Waals surface area (Å²) < 4.78 is 2.55. The predicted molar refractivity (Wildman–Crippen MR) is 121 cm³/mol. The molecule has 3 rings (SSSR count). The second-order valence-electron chi connectivity index (χ2n) is 7.12. The van der Waals surface area contributed by atoms with Gasteiger partial charge >= 0.3 is 0 Å². The van der Waals surface area contributed by atoms with E-state index in [0.29, 0.717) is 0 Å². The smallest absolute Gasteiger partial charge is 0.154 e. The highest BCUT2D eigenvalue weighted by Gasteiger charge is 2.28. The molecule has 0 N–H and O–H groups in total. The van der Waals surface area contributed by atoms with Crippen LogP contribution in [-0.2, 0) is 0 Å². The quantitative estimate of drug-likeness (QED) is 0.355. The molecule has 0 aromatic heterocycles. The minimum absolute atomic E-state index is 0.770. The van der Waals surface area contributed by atoms with Gasteiger partial charge in [-0.05, 0) is 32.5 Å². The first-order valence-electron chi connectivity index (χ1n) is 8.70. The van der Waals surface area contributed by atoms with Crippen LogP contribution in [-0.4, -0.2) is 13.7 Å². The highest BCUT2D eigenvalue weighted by molar-refractivity contribution is 7.50. The molecule has 26 heavy (non-hydrogen) atoms. The number of hydrogen-bond donors (Lipinski definition) is 0. The summed E-state index contributed by atoms with van der Waals surface area (Å²) in [5.41, 5.74) is 3.78. The lowest BCUT2D eigenvalue weighted by Crippen LogP contribution is -2.50. The molecule has 0 saturated heterocycles. The Morgan fingerprint density at radius 2 is 1.31 bits per heavy atom. The molecule has 132 valence electrons. The van der Waals surface area contributed by atoms with Crippen LogP contribution in [0.25, 0.3) is 0 Å². The third kappa shape index (κ3) is 4.65. The van der Waals surface area contributed by atoms with Crippen molar-refractivity contribution in [3.63, 3.8) is 0 Å². The first-order valence-corrected chi connectivity index (χ1v) is 13.4. The highest BCUT2D eigenvalue weighted by atomic mass is 35.5. The Morgan fingerprint density at radius 1 is 0.769 bits per heavy atom. The van der Waals surface area contributed by atoms with Crippen LogP contribution < -0.4 is 9.87 Å². The van der Waals surface area contributed by atoms with Gasteiger partial charge in [-0.2, -0.15) is 0 Å². The molecule has 0 amide bonds. The molecule has 0 aliphatic rings. The van der Waals surface area contributed by atoms with Crippen LogP contribution in [0.15, 0.2) is 84.9 Å². The molecule has 0 fully saturated rings. The standard InChI is InChI=1S/C22H23ClNPSi/c1-26(2,3)24(20-16-14-19(23)15-17-20)22(18-10-6-4-7-11-18)25-21-12-8-5-9-13-21/h4-17H,1-3H3. The maximum atomic E-state index is 6.14. The summed E-state index contributed by atoms with van der Waals surface area (Å²) in [6.45, 7) is 7.14. The van der Waals surface area contributed by atoms with Crippen molar-refractivity contribution >= 4 is 44.5 Å². The fourth-order valence-corrected chi connectivity index (χ4v) is 6.80. The molecule has 4 heteroatoms. The number of benzene rings is 3. The van der Waals surface area contributed by atoms with E-state index < -0.39 is 8.24 Å². The van der Waals surface area contributed by atoms with E-state index in [1.54, 1.807) is 0 Å². The van der Waals surface area contributed by atoms with Crippen molar-refractivity contribution in [3.8, 4) is 0 Å². The fourth-order valence-electron chi connectivity index (χ4n) is 2.87. The van der Waals surface area contributed by atoms with E-state index >= 15 is 0 Å². The summed E-state index contributed by atoms with van der Waals surface area (Å²) >= 11 is 6.14. The third-order valence-corrected chi connectivity index (χ3v) is 7.48. The number of hydrogen-bond acceptors (Lipinski definition) is 0. The molecular formula is C22H23ClNPSi. The zero-order chi connectivity index (χ0) is 18.6. The lowest BCUT2D eigenvalue weighted by Gasteiger charge is -2.38. The molecule has 1 nitrogen and oxygen atoms in total. The van der Waals surface area contributed by atoms with Gasteiger partial charge in [0.15, 0.2) is 8.24 Å². The monoisotopic (exact) mass is 395 g/mol. The molecule has 0 spiro atoms. The number of anilines is 1. The van der Waals surface area contributed by atoms with Crippen LogP contribution in [0.4, 0.5) is 5.69 Å². The van der Waals surface area contributed by atoms with E-state index in [1.165, 1.54) is 30.2 Å². The summed E-state index contributed by atoms with van der Waals surface area (Å²) in [5, 5.41) is 2.06. The van der Waals surface area contributed by atoms with E-state index in [4.69, 9.17) is 11.6 Å². The maximum Gasteiger partial charge on any atom is 0.154 e. The average molecular weight is 396 g/mol.